The number of hydrogen-bond donors (Lipinski definition) is 1. The quantitative estimate of drug-likeness (QED) is 0.664. The van der Waals surface area contributed by atoms with E-state index in [-0.39, 0.29) is 27.8 Å². The first-order valence-electron chi connectivity index (χ1n) is 5.17. The summed E-state index contributed by atoms with van der Waals surface area (Å²) in [5.41, 5.74) is 0.542. The fourth-order valence-electron chi connectivity index (χ4n) is 0.918. The zero-order valence-corrected chi connectivity index (χ0v) is 12.9. The van der Waals surface area contributed by atoms with Crippen molar-refractivity contribution in [3.05, 3.63) is 28.0 Å². The Labute approximate surface area is 128 Å². The minimum Gasteiger partial charge on any atom is -0.508 e. The molecule has 1 rings (SSSR count). The van der Waals surface area contributed by atoms with E-state index < -0.39 is 23.9 Å². The van der Waals surface area contributed by atoms with Gasteiger partial charge in [-0.25, -0.2) is 4.39 Å². The summed E-state index contributed by atoms with van der Waals surface area (Å²) in [6.07, 6.45) is -9.04. The number of benzene rings is 1. The van der Waals surface area contributed by atoms with E-state index in [0.717, 1.165) is 0 Å². The molecule has 0 saturated heterocycles. The summed E-state index contributed by atoms with van der Waals surface area (Å²) in [6, 6.07) is 2.62. The number of thioether (sulfide) groups is 1. The lowest BCUT2D eigenvalue weighted by atomic mass is 10.2. The molecule has 0 amide bonds. The van der Waals surface area contributed by atoms with Crippen molar-refractivity contribution >= 4 is 27.7 Å². The van der Waals surface area contributed by atoms with Crippen LogP contribution < -0.4 is 0 Å². The number of hydrogen-bond acceptors (Lipinski definition) is 2. The standard InChI is InChI=1S/C7H6BrFO.C4H4F6S/c1-4-2-6(9)5(8)3-7(4)10;5-3(6,7)1-11-2-4(8,9)10/h2-3,10H,1H3;1-2H2. The average Bonchev–Trinajstić information content (AvgIpc) is 2.23. The molecule has 1 aromatic carbocycles. The molecule has 21 heavy (non-hydrogen) atoms. The summed E-state index contributed by atoms with van der Waals surface area (Å²) in [5, 5.41) is 9.03. The van der Waals surface area contributed by atoms with Crippen molar-refractivity contribution in [1.29, 1.82) is 0 Å². The van der Waals surface area contributed by atoms with Crippen LogP contribution in [0.2, 0.25) is 0 Å². The molecule has 0 aromatic heterocycles. The molecular weight excluding hydrogens is 393 g/mol. The molecule has 122 valence electrons. The first-order chi connectivity index (χ1) is 9.32. The fraction of sp³-hybridized carbons (Fsp3) is 0.455. The summed E-state index contributed by atoms with van der Waals surface area (Å²) >= 11 is 2.76. The molecule has 0 aliphatic heterocycles. The number of rotatable bonds is 2. The van der Waals surface area contributed by atoms with Gasteiger partial charge in [-0.3, -0.25) is 0 Å². The zero-order chi connectivity index (χ0) is 16.8. The Hall–Kier alpha value is -0.640. The highest BCUT2D eigenvalue weighted by Gasteiger charge is 2.32. The smallest absolute Gasteiger partial charge is 0.397 e. The molecule has 0 atom stereocenters. The van der Waals surface area contributed by atoms with Gasteiger partial charge in [0.15, 0.2) is 0 Å². The minimum atomic E-state index is -4.52. The summed E-state index contributed by atoms with van der Waals surface area (Å²) < 4.78 is 80.3. The number of halogens is 8. The Morgan fingerprint density at radius 3 is 1.81 bits per heavy atom. The third-order valence-electron chi connectivity index (χ3n) is 1.77. The molecule has 0 spiro atoms. The lowest BCUT2D eigenvalue weighted by molar-refractivity contribution is -0.109. The molecule has 0 aliphatic rings. The maximum Gasteiger partial charge on any atom is 0.397 e. The van der Waals surface area contributed by atoms with E-state index in [2.05, 4.69) is 15.9 Å². The molecule has 0 fully saturated rings. The molecule has 10 heteroatoms. The monoisotopic (exact) mass is 402 g/mol. The van der Waals surface area contributed by atoms with Gasteiger partial charge >= 0.3 is 12.4 Å². The Kier molecular flexibility index (Phi) is 7.87. The normalized spacial score (nSPS) is 11.9. The first kappa shape index (κ1) is 20.4. The van der Waals surface area contributed by atoms with E-state index in [1.54, 1.807) is 6.92 Å². The fourth-order valence-corrected chi connectivity index (χ4v) is 1.81. The first-order valence-corrected chi connectivity index (χ1v) is 7.12. The van der Waals surface area contributed by atoms with Crippen LogP contribution in [0.5, 0.6) is 5.75 Å². The van der Waals surface area contributed by atoms with Crippen molar-refractivity contribution in [1.82, 2.24) is 0 Å². The second kappa shape index (κ2) is 8.11. The molecule has 1 N–H and O–H groups in total. The molecule has 0 saturated carbocycles. The molecule has 0 unspecified atom stereocenters. The van der Waals surface area contributed by atoms with E-state index in [9.17, 15) is 30.7 Å². The third kappa shape index (κ3) is 10.7. The summed E-state index contributed by atoms with van der Waals surface area (Å²) in [6.45, 7) is 1.64. The van der Waals surface area contributed by atoms with Crippen molar-refractivity contribution in [3.63, 3.8) is 0 Å². The van der Waals surface area contributed by atoms with E-state index in [0.29, 0.717) is 5.56 Å². The van der Waals surface area contributed by atoms with E-state index in [1.165, 1.54) is 12.1 Å². The zero-order valence-electron chi connectivity index (χ0n) is 10.4. The molecule has 0 heterocycles. The van der Waals surface area contributed by atoms with Gasteiger partial charge in [-0.05, 0) is 40.5 Å². The second-order valence-corrected chi connectivity index (χ2v) is 5.62. The van der Waals surface area contributed by atoms with Gasteiger partial charge in [-0.1, -0.05) is 0 Å². The summed E-state index contributed by atoms with van der Waals surface area (Å²) in [7, 11) is 0. The van der Waals surface area contributed by atoms with Crippen molar-refractivity contribution in [2.75, 3.05) is 11.5 Å². The number of phenolic OH excluding ortho intramolecular Hbond substituents is 1. The second-order valence-electron chi connectivity index (χ2n) is 3.78. The average molecular weight is 403 g/mol. The van der Waals surface area contributed by atoms with Crippen LogP contribution >= 0.6 is 27.7 Å². The lowest BCUT2D eigenvalue weighted by Gasteiger charge is -2.07. The highest BCUT2D eigenvalue weighted by atomic mass is 79.9. The molecule has 0 bridgehead atoms. The molecule has 1 nitrogen and oxygen atoms in total. The van der Waals surface area contributed by atoms with E-state index in [1.807, 2.05) is 0 Å². The van der Waals surface area contributed by atoms with Crippen molar-refractivity contribution in [3.8, 4) is 5.75 Å². The number of alkyl halides is 6. The summed E-state index contributed by atoms with van der Waals surface area (Å²) in [4.78, 5) is 0. The van der Waals surface area contributed by atoms with Gasteiger partial charge in [-0.15, -0.1) is 11.8 Å². The Morgan fingerprint density at radius 1 is 1.05 bits per heavy atom. The highest BCUT2D eigenvalue weighted by molar-refractivity contribution is 9.10. The topological polar surface area (TPSA) is 20.2 Å². The van der Waals surface area contributed by atoms with E-state index >= 15 is 0 Å². The van der Waals surface area contributed by atoms with Crippen LogP contribution in [0.1, 0.15) is 5.56 Å². The largest absolute Gasteiger partial charge is 0.508 e. The Morgan fingerprint density at radius 2 is 1.48 bits per heavy atom. The maximum atomic E-state index is 12.6. The highest BCUT2D eigenvalue weighted by Crippen LogP contribution is 2.27. The van der Waals surface area contributed by atoms with Gasteiger partial charge in [0.05, 0.1) is 16.0 Å². The van der Waals surface area contributed by atoms with Crippen LogP contribution in [-0.4, -0.2) is 29.0 Å². The minimum absolute atomic E-state index is 0.105. The van der Waals surface area contributed by atoms with Crippen LogP contribution in [0.25, 0.3) is 0 Å². The van der Waals surface area contributed by atoms with Gasteiger partial charge in [0, 0.05) is 0 Å². The SMILES string of the molecule is Cc1cc(F)c(Br)cc1O.FC(F)(F)CSCC(F)(F)F. The van der Waals surface area contributed by atoms with Crippen LogP contribution in [0.15, 0.2) is 16.6 Å². The summed E-state index contributed by atoms with van der Waals surface area (Å²) in [5.74, 6) is -3.15. The number of aromatic hydroxyl groups is 1. The Balaban J connectivity index is 0.000000382. The molecular formula is C11H10BrF7OS. The van der Waals surface area contributed by atoms with Crippen LogP contribution in [0.4, 0.5) is 30.7 Å². The van der Waals surface area contributed by atoms with Gasteiger partial charge in [0.2, 0.25) is 0 Å². The van der Waals surface area contributed by atoms with Crippen LogP contribution in [-0.2, 0) is 0 Å². The maximum absolute atomic E-state index is 12.6. The van der Waals surface area contributed by atoms with Crippen molar-refractivity contribution in [2.24, 2.45) is 0 Å². The van der Waals surface area contributed by atoms with Crippen LogP contribution in [0, 0.1) is 12.7 Å². The predicted molar refractivity (Wildman–Crippen MR) is 69.9 cm³/mol. The third-order valence-corrected chi connectivity index (χ3v) is 3.44. The molecule has 0 aliphatic carbocycles. The predicted octanol–water partition coefficient (Wildman–Crippen LogP) is 5.45. The number of phenols is 1. The van der Waals surface area contributed by atoms with Gasteiger partial charge in [0.1, 0.15) is 11.6 Å². The molecule has 0 radical (unpaired) electrons. The van der Waals surface area contributed by atoms with Crippen molar-refractivity contribution < 1.29 is 35.8 Å². The van der Waals surface area contributed by atoms with Gasteiger partial charge in [-0.2, -0.15) is 26.3 Å². The number of aryl methyl sites for hydroxylation is 1. The van der Waals surface area contributed by atoms with Crippen LogP contribution in [0.3, 0.4) is 0 Å². The Bertz CT molecular complexity index is 395. The van der Waals surface area contributed by atoms with Gasteiger partial charge < -0.3 is 5.11 Å². The van der Waals surface area contributed by atoms with E-state index in [4.69, 9.17) is 5.11 Å². The van der Waals surface area contributed by atoms with Crippen molar-refractivity contribution in [2.45, 2.75) is 19.3 Å². The van der Waals surface area contributed by atoms with Gasteiger partial charge in [0.25, 0.3) is 0 Å². The molecule has 1 aromatic rings. The lowest BCUT2D eigenvalue weighted by Crippen LogP contribution is -2.16.